The molecule has 3 heterocycles. The minimum Gasteiger partial charge on any atom is -0.481 e. The van der Waals surface area contributed by atoms with Crippen molar-refractivity contribution >= 4 is 5.97 Å². The maximum atomic E-state index is 11.8. The van der Waals surface area contributed by atoms with E-state index in [1.807, 2.05) is 0 Å². The molecule has 3 fully saturated rings. The average molecular weight is 629 g/mol. The second-order valence-corrected chi connectivity index (χ2v) is 15.8. The number of aliphatic carboxylic acids is 1. The molecule has 1 saturated carbocycles. The third kappa shape index (κ3) is 9.49. The second kappa shape index (κ2) is 15.1. The highest BCUT2D eigenvalue weighted by molar-refractivity contribution is 5.68. The van der Waals surface area contributed by atoms with Crippen LogP contribution in [0.2, 0.25) is 0 Å². The molecule has 0 spiro atoms. The zero-order chi connectivity index (χ0) is 32.2. The van der Waals surface area contributed by atoms with Gasteiger partial charge in [-0.15, -0.1) is 0 Å². The molecule has 9 N–H and O–H groups in total. The van der Waals surface area contributed by atoms with Gasteiger partial charge in [-0.3, -0.25) is 10.1 Å². The van der Waals surface area contributed by atoms with E-state index in [4.69, 9.17) is 5.73 Å². The lowest BCUT2D eigenvalue weighted by Gasteiger charge is -2.45. The second-order valence-electron chi connectivity index (χ2n) is 15.8. The van der Waals surface area contributed by atoms with Crippen LogP contribution >= 0.6 is 0 Å². The zero-order valence-electron chi connectivity index (χ0n) is 27.6. The Morgan fingerprint density at radius 1 is 0.978 bits per heavy atom. The number of fused-ring (bicyclic) bond motifs is 5. The number of carboxylic acids is 1. The standard InChI is InChI=1S/C36H60N4O5/c1-23-32(42)11-10-31(39-23)28-9-8-27-7-6-24(21-41)12-13-36(45,20-34(43)44)22-38-35(2)18-30(40-33(37)19-35)16-26-5-3-4-25(14-26)15-29(27)17-28/h3-5,14,23-24,27-33,38-42,45H,6-13,15-22,37H2,1-2H3,(H,43,44)/t23-,24-,27-,28-,29+,30-,31+,32-,33-,35-,36-/m1/s1. The molecule has 11 atom stereocenters. The van der Waals surface area contributed by atoms with Crippen molar-refractivity contribution in [2.75, 3.05) is 13.2 Å². The molecule has 45 heavy (non-hydrogen) atoms. The van der Waals surface area contributed by atoms with E-state index >= 15 is 0 Å². The van der Waals surface area contributed by atoms with Crippen molar-refractivity contribution in [2.45, 2.75) is 145 Å². The van der Waals surface area contributed by atoms with Crippen LogP contribution in [0.3, 0.4) is 0 Å². The van der Waals surface area contributed by atoms with Crippen LogP contribution in [0, 0.1) is 23.7 Å². The predicted octanol–water partition coefficient (Wildman–Crippen LogP) is 3.08. The van der Waals surface area contributed by atoms with E-state index in [1.165, 1.54) is 24.0 Å². The Bertz CT molecular complexity index is 1120. The van der Waals surface area contributed by atoms with Crippen LogP contribution in [0.1, 0.15) is 102 Å². The average Bonchev–Trinajstić information content (AvgIpc) is 2.97. The third-order valence-corrected chi connectivity index (χ3v) is 11.9. The van der Waals surface area contributed by atoms with Crippen molar-refractivity contribution in [3.63, 3.8) is 0 Å². The van der Waals surface area contributed by atoms with Gasteiger partial charge in [-0.05, 0) is 132 Å². The number of carboxylic acid groups (broad SMARTS) is 1. The lowest BCUT2D eigenvalue weighted by atomic mass is 9.66. The number of benzene rings is 1. The lowest BCUT2D eigenvalue weighted by molar-refractivity contribution is -0.143. The number of nitrogens with one attached hydrogen (secondary N) is 3. The highest BCUT2D eigenvalue weighted by Gasteiger charge is 2.40. The van der Waals surface area contributed by atoms with Crippen molar-refractivity contribution in [1.29, 1.82) is 0 Å². The van der Waals surface area contributed by atoms with Gasteiger partial charge in [-0.1, -0.05) is 24.3 Å². The summed E-state index contributed by atoms with van der Waals surface area (Å²) in [7, 11) is 0. The predicted molar refractivity (Wildman–Crippen MR) is 177 cm³/mol. The Hall–Kier alpha value is -1.59. The minimum absolute atomic E-state index is 0.0283. The SMILES string of the molecule is C[C@H]1N[C@H]([C@@H]2CC[C@H]3CC[C@@H](CO)CC[C@@](O)(CC(=O)O)CN[C@]4(C)C[C@@H](Cc5cccc(c5)C[C@H]3C2)N[C@@H](N)C4)CC[C@H]1O. The number of hydrogen-bond donors (Lipinski definition) is 8. The number of hydrogen-bond acceptors (Lipinski definition) is 8. The van der Waals surface area contributed by atoms with Crippen molar-refractivity contribution in [3.05, 3.63) is 35.4 Å². The van der Waals surface area contributed by atoms with E-state index in [0.717, 1.165) is 51.4 Å². The maximum Gasteiger partial charge on any atom is 0.306 e. The van der Waals surface area contributed by atoms with Crippen LogP contribution in [-0.4, -0.2) is 81.1 Å². The number of nitrogens with two attached hydrogens (primary N) is 1. The van der Waals surface area contributed by atoms with Gasteiger partial charge in [-0.25, -0.2) is 0 Å². The molecule has 1 aromatic rings. The number of aliphatic hydroxyl groups excluding tert-OH is 2. The molecule has 0 amide bonds. The molecule has 0 unspecified atom stereocenters. The lowest BCUT2D eigenvalue weighted by Crippen LogP contribution is -2.63. The number of rotatable bonds is 4. The monoisotopic (exact) mass is 628 g/mol. The van der Waals surface area contributed by atoms with Crippen LogP contribution in [0.4, 0.5) is 0 Å². The molecule has 1 aromatic carbocycles. The van der Waals surface area contributed by atoms with Crippen molar-refractivity contribution in [2.24, 2.45) is 29.4 Å². The van der Waals surface area contributed by atoms with Gasteiger partial charge in [0.05, 0.1) is 24.3 Å². The Labute approximate surface area is 270 Å². The molecule has 2 saturated heterocycles. The van der Waals surface area contributed by atoms with Gasteiger partial charge in [0.2, 0.25) is 0 Å². The first-order valence-electron chi connectivity index (χ1n) is 17.8. The molecule has 3 aliphatic heterocycles. The molecule has 0 radical (unpaired) electrons. The van der Waals surface area contributed by atoms with Crippen LogP contribution in [0.5, 0.6) is 0 Å². The fraction of sp³-hybridized carbons (Fsp3) is 0.806. The van der Waals surface area contributed by atoms with Crippen molar-refractivity contribution < 1.29 is 25.2 Å². The van der Waals surface area contributed by atoms with E-state index in [2.05, 4.69) is 54.1 Å². The van der Waals surface area contributed by atoms with E-state index < -0.39 is 11.6 Å². The molecular formula is C36H60N4O5. The van der Waals surface area contributed by atoms with E-state index in [1.54, 1.807) is 0 Å². The number of β-amino-alcohol motifs (C(OH)–C–C–N with tert-alkyl or cyclic N) is 1. The van der Waals surface area contributed by atoms with Crippen LogP contribution in [-0.2, 0) is 17.6 Å². The Balaban J connectivity index is 1.39. The maximum absolute atomic E-state index is 11.8. The van der Waals surface area contributed by atoms with Crippen molar-refractivity contribution in [3.8, 4) is 0 Å². The fourth-order valence-electron chi connectivity index (χ4n) is 9.29. The van der Waals surface area contributed by atoms with Gasteiger partial charge in [0.1, 0.15) is 0 Å². The van der Waals surface area contributed by atoms with E-state index in [-0.39, 0.29) is 55.4 Å². The van der Waals surface area contributed by atoms with Gasteiger partial charge in [0.25, 0.3) is 0 Å². The Morgan fingerprint density at radius 3 is 2.44 bits per heavy atom. The molecule has 9 nitrogen and oxygen atoms in total. The van der Waals surface area contributed by atoms with E-state index in [0.29, 0.717) is 43.1 Å². The Morgan fingerprint density at radius 2 is 1.71 bits per heavy atom. The van der Waals surface area contributed by atoms with Crippen molar-refractivity contribution in [1.82, 2.24) is 16.0 Å². The number of piperidine rings is 2. The minimum atomic E-state index is -1.40. The largest absolute Gasteiger partial charge is 0.481 e. The summed E-state index contributed by atoms with van der Waals surface area (Å²) in [5.41, 5.74) is 7.45. The summed E-state index contributed by atoms with van der Waals surface area (Å²) in [4.78, 5) is 11.8. The first kappa shape index (κ1) is 34.7. The molecule has 4 aliphatic rings. The molecule has 9 heteroatoms. The van der Waals surface area contributed by atoms with Gasteiger partial charge in [0.15, 0.2) is 0 Å². The molecule has 254 valence electrons. The van der Waals surface area contributed by atoms with Crippen LogP contribution in [0.25, 0.3) is 0 Å². The summed E-state index contributed by atoms with van der Waals surface area (Å²) in [5, 5.41) is 52.9. The number of carbonyl (C=O) groups is 1. The summed E-state index contributed by atoms with van der Waals surface area (Å²) in [5.74, 6) is 0.713. The highest BCUT2D eigenvalue weighted by Crippen LogP contribution is 2.42. The summed E-state index contributed by atoms with van der Waals surface area (Å²) >= 11 is 0. The molecular weight excluding hydrogens is 568 g/mol. The summed E-state index contributed by atoms with van der Waals surface area (Å²) in [6.07, 6.45) is 10.9. The number of aliphatic hydroxyl groups is 3. The topological polar surface area (TPSA) is 160 Å². The van der Waals surface area contributed by atoms with Crippen LogP contribution < -0.4 is 21.7 Å². The van der Waals surface area contributed by atoms with Gasteiger partial charge in [0, 0.05) is 36.8 Å². The normalized spacial score (nSPS) is 42.1. The first-order chi connectivity index (χ1) is 21.4. The molecule has 1 aliphatic carbocycles. The highest BCUT2D eigenvalue weighted by atomic mass is 16.4. The smallest absolute Gasteiger partial charge is 0.306 e. The quantitative estimate of drug-likeness (QED) is 0.251. The zero-order valence-corrected chi connectivity index (χ0v) is 27.6. The fourth-order valence-corrected chi connectivity index (χ4v) is 9.29. The first-order valence-corrected chi connectivity index (χ1v) is 17.8. The Kier molecular flexibility index (Phi) is 11.7. The molecule has 5 rings (SSSR count). The summed E-state index contributed by atoms with van der Waals surface area (Å²) in [6.45, 7) is 4.46. The third-order valence-electron chi connectivity index (χ3n) is 11.9. The molecule has 4 bridgehead atoms. The van der Waals surface area contributed by atoms with Gasteiger partial charge < -0.3 is 36.8 Å². The summed E-state index contributed by atoms with van der Waals surface area (Å²) in [6, 6.07) is 9.82. The summed E-state index contributed by atoms with van der Waals surface area (Å²) < 4.78 is 0. The van der Waals surface area contributed by atoms with Crippen LogP contribution in [0.15, 0.2) is 24.3 Å². The van der Waals surface area contributed by atoms with Gasteiger partial charge >= 0.3 is 5.97 Å². The van der Waals surface area contributed by atoms with E-state index in [9.17, 15) is 25.2 Å². The molecule has 0 aromatic heterocycles. The van der Waals surface area contributed by atoms with Gasteiger partial charge in [-0.2, -0.15) is 0 Å².